The Bertz CT molecular complexity index is 881. The van der Waals surface area contributed by atoms with Gasteiger partial charge in [0.15, 0.2) is 0 Å². The van der Waals surface area contributed by atoms with Crippen LogP contribution in [0.4, 0.5) is 11.4 Å². The lowest BCUT2D eigenvalue weighted by molar-refractivity contribution is -0.384. The lowest BCUT2D eigenvalue weighted by Crippen LogP contribution is -2.40. The molecule has 1 aliphatic rings. The Morgan fingerprint density at radius 1 is 1.10 bits per heavy atom. The van der Waals surface area contributed by atoms with Crippen molar-refractivity contribution >= 4 is 23.2 Å². The number of piperidine rings is 1. The highest BCUT2D eigenvalue weighted by Crippen LogP contribution is 2.19. The summed E-state index contributed by atoms with van der Waals surface area (Å²) in [5.41, 5.74) is 7.93. The van der Waals surface area contributed by atoms with Gasteiger partial charge in [0, 0.05) is 30.9 Å². The number of nitrogens with zero attached hydrogens (tertiary/aromatic N) is 2. The van der Waals surface area contributed by atoms with Crippen molar-refractivity contribution in [2.45, 2.75) is 25.8 Å². The molecule has 2 aromatic carbocycles. The highest BCUT2D eigenvalue weighted by atomic mass is 16.6. The quantitative estimate of drug-likeness (QED) is 0.550. The molecule has 152 valence electrons. The van der Waals surface area contributed by atoms with E-state index in [1.54, 1.807) is 12.1 Å². The fourth-order valence-electron chi connectivity index (χ4n) is 3.51. The standard InChI is InChI=1S/C21H24N4O4/c22-21(27)17-2-1-11-24(14-17)13-16-3-7-18(8-4-16)23-20(26)12-15-5-9-19(10-6-15)25(28)29/h3-10,17H,1-2,11-14H2,(H2,22,27)(H,23,26). The number of hydrogen-bond acceptors (Lipinski definition) is 5. The van der Waals surface area contributed by atoms with E-state index < -0.39 is 4.92 Å². The van der Waals surface area contributed by atoms with Crippen LogP contribution in [-0.2, 0) is 22.6 Å². The molecule has 0 aliphatic carbocycles. The summed E-state index contributed by atoms with van der Waals surface area (Å²) in [6, 6.07) is 13.5. The van der Waals surface area contributed by atoms with E-state index in [9.17, 15) is 19.7 Å². The first kappa shape index (κ1) is 20.5. The van der Waals surface area contributed by atoms with E-state index in [1.807, 2.05) is 24.3 Å². The Morgan fingerprint density at radius 2 is 1.76 bits per heavy atom. The number of rotatable bonds is 7. The zero-order chi connectivity index (χ0) is 20.8. The molecular formula is C21H24N4O4. The van der Waals surface area contributed by atoms with Crippen molar-refractivity contribution in [2.75, 3.05) is 18.4 Å². The zero-order valence-corrected chi connectivity index (χ0v) is 16.0. The molecule has 8 heteroatoms. The van der Waals surface area contributed by atoms with E-state index in [4.69, 9.17) is 5.73 Å². The Balaban J connectivity index is 1.51. The van der Waals surface area contributed by atoms with Crippen molar-refractivity contribution in [3.63, 3.8) is 0 Å². The summed E-state index contributed by atoms with van der Waals surface area (Å²) in [4.78, 5) is 36.0. The van der Waals surface area contributed by atoms with Gasteiger partial charge in [-0.3, -0.25) is 24.6 Å². The van der Waals surface area contributed by atoms with Crippen LogP contribution in [0.5, 0.6) is 0 Å². The van der Waals surface area contributed by atoms with Gasteiger partial charge in [-0.2, -0.15) is 0 Å². The molecule has 8 nitrogen and oxygen atoms in total. The summed E-state index contributed by atoms with van der Waals surface area (Å²) in [6.07, 6.45) is 1.96. The largest absolute Gasteiger partial charge is 0.369 e. The van der Waals surface area contributed by atoms with Crippen LogP contribution in [0.1, 0.15) is 24.0 Å². The summed E-state index contributed by atoms with van der Waals surface area (Å²) in [7, 11) is 0. The van der Waals surface area contributed by atoms with Crippen LogP contribution in [-0.4, -0.2) is 34.7 Å². The molecule has 2 aromatic rings. The van der Waals surface area contributed by atoms with Crippen molar-refractivity contribution in [3.8, 4) is 0 Å². The molecule has 1 fully saturated rings. The molecule has 1 heterocycles. The monoisotopic (exact) mass is 396 g/mol. The number of hydrogen-bond donors (Lipinski definition) is 2. The van der Waals surface area contributed by atoms with E-state index >= 15 is 0 Å². The molecule has 1 atom stereocenters. The second kappa shape index (κ2) is 9.29. The number of nitro benzene ring substituents is 1. The van der Waals surface area contributed by atoms with Crippen LogP contribution in [0.15, 0.2) is 48.5 Å². The molecule has 0 bridgehead atoms. The van der Waals surface area contributed by atoms with Crippen molar-refractivity contribution in [2.24, 2.45) is 11.7 Å². The number of anilines is 1. The summed E-state index contributed by atoms with van der Waals surface area (Å²) in [6.45, 7) is 2.36. The number of nitrogens with two attached hydrogens (primary N) is 1. The minimum atomic E-state index is -0.469. The van der Waals surface area contributed by atoms with Gasteiger partial charge in [0.2, 0.25) is 11.8 Å². The second-order valence-corrected chi connectivity index (χ2v) is 7.32. The third-order valence-corrected chi connectivity index (χ3v) is 5.06. The molecule has 3 rings (SSSR count). The Kier molecular flexibility index (Phi) is 6.56. The number of likely N-dealkylation sites (tertiary alicyclic amines) is 1. The SMILES string of the molecule is NC(=O)C1CCCN(Cc2ccc(NC(=O)Cc3ccc([N+](=O)[O-])cc3)cc2)C1. The van der Waals surface area contributed by atoms with Crippen LogP contribution in [0.3, 0.4) is 0 Å². The second-order valence-electron chi connectivity index (χ2n) is 7.32. The molecule has 0 radical (unpaired) electrons. The number of benzene rings is 2. The highest BCUT2D eigenvalue weighted by Gasteiger charge is 2.23. The van der Waals surface area contributed by atoms with Gasteiger partial charge in [0.1, 0.15) is 0 Å². The van der Waals surface area contributed by atoms with E-state index in [-0.39, 0.29) is 29.8 Å². The average molecular weight is 396 g/mol. The van der Waals surface area contributed by atoms with Gasteiger partial charge in [-0.1, -0.05) is 24.3 Å². The molecule has 0 aromatic heterocycles. The molecule has 1 saturated heterocycles. The number of carbonyl (C=O) groups excluding carboxylic acids is 2. The van der Waals surface area contributed by atoms with Crippen LogP contribution < -0.4 is 11.1 Å². The first-order chi connectivity index (χ1) is 13.9. The molecule has 1 aliphatic heterocycles. The van der Waals surface area contributed by atoms with Gasteiger partial charge < -0.3 is 11.1 Å². The molecule has 0 spiro atoms. The maximum absolute atomic E-state index is 12.2. The number of non-ortho nitro benzene ring substituents is 1. The van der Waals surface area contributed by atoms with Crippen molar-refractivity contribution in [3.05, 3.63) is 69.8 Å². The van der Waals surface area contributed by atoms with Gasteiger partial charge in [-0.15, -0.1) is 0 Å². The predicted octanol–water partition coefficient (Wildman–Crippen LogP) is 2.47. The van der Waals surface area contributed by atoms with Gasteiger partial charge >= 0.3 is 0 Å². The van der Waals surface area contributed by atoms with Gasteiger partial charge in [0.25, 0.3) is 5.69 Å². The zero-order valence-electron chi connectivity index (χ0n) is 16.0. The number of nitro groups is 1. The topological polar surface area (TPSA) is 119 Å². The van der Waals surface area contributed by atoms with E-state index in [0.29, 0.717) is 17.8 Å². The molecule has 2 amide bonds. The maximum Gasteiger partial charge on any atom is 0.269 e. The van der Waals surface area contributed by atoms with Crippen LogP contribution >= 0.6 is 0 Å². The summed E-state index contributed by atoms with van der Waals surface area (Å²) in [5, 5.41) is 13.5. The fourth-order valence-corrected chi connectivity index (χ4v) is 3.51. The normalized spacial score (nSPS) is 16.9. The third kappa shape index (κ3) is 5.86. The molecular weight excluding hydrogens is 372 g/mol. The lowest BCUT2D eigenvalue weighted by atomic mass is 9.97. The Morgan fingerprint density at radius 3 is 2.38 bits per heavy atom. The average Bonchev–Trinajstić information content (AvgIpc) is 2.70. The minimum absolute atomic E-state index is 0.000557. The smallest absolute Gasteiger partial charge is 0.269 e. The van der Waals surface area contributed by atoms with E-state index in [0.717, 1.165) is 31.5 Å². The van der Waals surface area contributed by atoms with E-state index in [1.165, 1.54) is 12.1 Å². The van der Waals surface area contributed by atoms with Crippen LogP contribution in [0.25, 0.3) is 0 Å². The van der Waals surface area contributed by atoms with Gasteiger partial charge in [0.05, 0.1) is 17.3 Å². The predicted molar refractivity (Wildman–Crippen MR) is 109 cm³/mol. The number of carbonyl (C=O) groups is 2. The fraction of sp³-hybridized carbons (Fsp3) is 0.333. The highest BCUT2D eigenvalue weighted by molar-refractivity contribution is 5.92. The molecule has 29 heavy (non-hydrogen) atoms. The minimum Gasteiger partial charge on any atom is -0.369 e. The van der Waals surface area contributed by atoms with Crippen molar-refractivity contribution in [1.29, 1.82) is 0 Å². The first-order valence-corrected chi connectivity index (χ1v) is 9.54. The Hall–Kier alpha value is -3.26. The third-order valence-electron chi connectivity index (χ3n) is 5.06. The number of primary amides is 1. The molecule has 1 unspecified atom stereocenters. The number of nitrogens with one attached hydrogen (secondary N) is 1. The molecule has 3 N–H and O–H groups in total. The summed E-state index contributed by atoms with van der Waals surface area (Å²) in [5.74, 6) is -0.505. The number of amides is 2. The first-order valence-electron chi connectivity index (χ1n) is 9.54. The maximum atomic E-state index is 12.2. The summed E-state index contributed by atoms with van der Waals surface area (Å²) >= 11 is 0. The van der Waals surface area contributed by atoms with Gasteiger partial charge in [-0.05, 0) is 42.6 Å². The van der Waals surface area contributed by atoms with Crippen molar-refractivity contribution < 1.29 is 14.5 Å². The van der Waals surface area contributed by atoms with Crippen LogP contribution in [0.2, 0.25) is 0 Å². The van der Waals surface area contributed by atoms with E-state index in [2.05, 4.69) is 10.2 Å². The lowest BCUT2D eigenvalue weighted by Gasteiger charge is -2.31. The summed E-state index contributed by atoms with van der Waals surface area (Å²) < 4.78 is 0. The van der Waals surface area contributed by atoms with Crippen LogP contribution in [0, 0.1) is 16.0 Å². The Labute approximate surface area is 168 Å². The molecule has 0 saturated carbocycles. The van der Waals surface area contributed by atoms with Gasteiger partial charge in [-0.25, -0.2) is 0 Å². The van der Waals surface area contributed by atoms with Crippen molar-refractivity contribution in [1.82, 2.24) is 4.90 Å².